The minimum absolute atomic E-state index is 0.213. The third-order valence-corrected chi connectivity index (χ3v) is 3.56. The van der Waals surface area contributed by atoms with Crippen LogP contribution in [0.15, 0.2) is 11.1 Å². The number of hydrogen-bond acceptors (Lipinski definition) is 7. The third kappa shape index (κ3) is 2.26. The van der Waals surface area contributed by atoms with Gasteiger partial charge in [-0.3, -0.25) is 4.79 Å². The maximum atomic E-state index is 11.7. The zero-order valence-electron chi connectivity index (χ0n) is 8.89. The van der Waals surface area contributed by atoms with Gasteiger partial charge >= 0.3 is 0 Å². The van der Waals surface area contributed by atoms with Crippen LogP contribution in [0, 0.1) is 0 Å². The van der Waals surface area contributed by atoms with Crippen molar-refractivity contribution in [1.29, 1.82) is 0 Å². The first-order chi connectivity index (χ1) is 8.04. The highest BCUT2D eigenvalue weighted by Crippen LogP contribution is 2.29. The van der Waals surface area contributed by atoms with E-state index in [1.54, 1.807) is 6.08 Å². The standard InChI is InChI=1S/C9H14N2O5S/c10-5-1-2-11(9(15)17-5)8-7(14)6(13)4(3-12)16-8/h1,4,6-8,12-14H,2-3,10H2/t4-,6-,7-,8-/m1/s1. The fourth-order valence-electron chi connectivity index (χ4n) is 1.81. The van der Waals surface area contributed by atoms with Gasteiger partial charge in [0.1, 0.15) is 18.3 Å². The van der Waals surface area contributed by atoms with Crippen LogP contribution in [0.5, 0.6) is 0 Å². The van der Waals surface area contributed by atoms with Crippen molar-refractivity contribution in [1.82, 2.24) is 4.90 Å². The molecule has 0 aromatic heterocycles. The number of thioether (sulfide) groups is 1. The van der Waals surface area contributed by atoms with E-state index in [1.165, 1.54) is 4.90 Å². The number of nitrogens with zero attached hydrogens (tertiary/aromatic N) is 1. The smallest absolute Gasteiger partial charge is 0.290 e. The predicted octanol–water partition coefficient (Wildman–Crippen LogP) is -1.61. The highest BCUT2D eigenvalue weighted by Gasteiger charge is 2.46. The minimum atomic E-state index is -1.23. The van der Waals surface area contributed by atoms with Gasteiger partial charge in [-0.1, -0.05) is 0 Å². The van der Waals surface area contributed by atoms with Gasteiger partial charge in [-0.25, -0.2) is 0 Å². The molecule has 96 valence electrons. The van der Waals surface area contributed by atoms with E-state index < -0.39 is 31.1 Å². The molecule has 0 aromatic rings. The van der Waals surface area contributed by atoms with E-state index in [-0.39, 0.29) is 11.8 Å². The van der Waals surface area contributed by atoms with Gasteiger partial charge in [0.25, 0.3) is 5.24 Å². The minimum Gasteiger partial charge on any atom is -0.394 e. The molecule has 0 bridgehead atoms. The van der Waals surface area contributed by atoms with Crippen molar-refractivity contribution in [2.75, 3.05) is 13.2 Å². The molecule has 2 heterocycles. The van der Waals surface area contributed by atoms with Gasteiger partial charge in [-0.05, 0) is 17.8 Å². The van der Waals surface area contributed by atoms with Crippen LogP contribution < -0.4 is 5.73 Å². The van der Waals surface area contributed by atoms with Crippen LogP contribution in [-0.2, 0) is 4.74 Å². The summed E-state index contributed by atoms with van der Waals surface area (Å²) >= 11 is 0.839. The van der Waals surface area contributed by atoms with E-state index in [0.29, 0.717) is 5.03 Å². The molecule has 2 aliphatic rings. The van der Waals surface area contributed by atoms with Crippen molar-refractivity contribution in [3.05, 3.63) is 11.1 Å². The van der Waals surface area contributed by atoms with E-state index in [4.69, 9.17) is 15.6 Å². The van der Waals surface area contributed by atoms with Crippen LogP contribution >= 0.6 is 11.8 Å². The highest BCUT2D eigenvalue weighted by molar-refractivity contribution is 8.16. The topological polar surface area (TPSA) is 116 Å². The first kappa shape index (κ1) is 12.7. The lowest BCUT2D eigenvalue weighted by molar-refractivity contribution is -0.0727. The second-order valence-electron chi connectivity index (χ2n) is 3.86. The third-order valence-electron chi connectivity index (χ3n) is 2.75. The van der Waals surface area contributed by atoms with Crippen molar-refractivity contribution < 1.29 is 24.9 Å². The zero-order valence-corrected chi connectivity index (χ0v) is 9.71. The molecule has 2 rings (SSSR count). The number of aliphatic hydroxyl groups is 3. The molecule has 17 heavy (non-hydrogen) atoms. The number of hydrogen-bond donors (Lipinski definition) is 4. The summed E-state index contributed by atoms with van der Waals surface area (Å²) in [6.07, 6.45) is -2.64. The first-order valence-corrected chi connectivity index (χ1v) is 5.92. The Morgan fingerprint density at radius 1 is 1.53 bits per heavy atom. The molecule has 0 aliphatic carbocycles. The maximum absolute atomic E-state index is 11.7. The van der Waals surface area contributed by atoms with Crippen molar-refractivity contribution >= 4 is 17.0 Å². The monoisotopic (exact) mass is 262 g/mol. The van der Waals surface area contributed by atoms with Gasteiger partial charge < -0.3 is 30.7 Å². The van der Waals surface area contributed by atoms with Crippen LogP contribution in [0.4, 0.5) is 4.79 Å². The Labute approximate surface area is 102 Å². The summed E-state index contributed by atoms with van der Waals surface area (Å²) in [7, 11) is 0. The van der Waals surface area contributed by atoms with Crippen LogP contribution in [0.3, 0.4) is 0 Å². The molecule has 7 nitrogen and oxygen atoms in total. The van der Waals surface area contributed by atoms with Crippen molar-refractivity contribution in [2.24, 2.45) is 5.73 Å². The van der Waals surface area contributed by atoms with Crippen molar-refractivity contribution in [3.63, 3.8) is 0 Å². The molecular formula is C9H14N2O5S. The van der Waals surface area contributed by atoms with E-state index in [9.17, 15) is 15.0 Å². The fourth-order valence-corrected chi connectivity index (χ4v) is 2.46. The Morgan fingerprint density at radius 3 is 2.76 bits per heavy atom. The Hall–Kier alpha value is -0.800. The lowest BCUT2D eigenvalue weighted by Gasteiger charge is -2.31. The van der Waals surface area contributed by atoms with E-state index >= 15 is 0 Å². The van der Waals surface area contributed by atoms with Gasteiger partial charge in [0.05, 0.1) is 11.6 Å². The summed E-state index contributed by atoms with van der Waals surface area (Å²) in [6, 6.07) is 0. The van der Waals surface area contributed by atoms with Crippen LogP contribution in [-0.4, -0.2) is 63.2 Å². The molecule has 0 aromatic carbocycles. The van der Waals surface area contributed by atoms with Gasteiger partial charge in [0.15, 0.2) is 6.23 Å². The summed E-state index contributed by atoms with van der Waals surface area (Å²) in [5.74, 6) is 0. The number of ether oxygens (including phenoxy) is 1. The molecular weight excluding hydrogens is 248 g/mol. The van der Waals surface area contributed by atoms with Crippen molar-refractivity contribution in [2.45, 2.75) is 24.5 Å². The Bertz CT molecular complexity index is 350. The summed E-state index contributed by atoms with van der Waals surface area (Å²) in [6.45, 7) is -0.202. The first-order valence-electron chi connectivity index (χ1n) is 5.11. The molecule has 1 fully saturated rings. The Morgan fingerprint density at radius 2 is 2.24 bits per heavy atom. The normalized spacial score (nSPS) is 38.4. The van der Waals surface area contributed by atoms with E-state index in [0.717, 1.165) is 11.8 Å². The highest BCUT2D eigenvalue weighted by atomic mass is 32.2. The molecule has 8 heteroatoms. The number of carbonyl (C=O) groups is 1. The summed E-state index contributed by atoms with van der Waals surface area (Å²) in [5.41, 5.74) is 5.49. The molecule has 1 saturated heterocycles. The molecule has 0 saturated carbocycles. The lowest BCUT2D eigenvalue weighted by atomic mass is 10.1. The fraction of sp³-hybridized carbons (Fsp3) is 0.667. The number of amides is 1. The van der Waals surface area contributed by atoms with E-state index in [1.807, 2.05) is 0 Å². The maximum Gasteiger partial charge on any atom is 0.290 e. The Kier molecular flexibility index (Phi) is 3.59. The molecule has 5 N–H and O–H groups in total. The average molecular weight is 262 g/mol. The largest absolute Gasteiger partial charge is 0.394 e. The molecule has 1 amide bonds. The number of aliphatic hydroxyl groups excluding tert-OH is 3. The van der Waals surface area contributed by atoms with Crippen LogP contribution in [0.2, 0.25) is 0 Å². The summed E-state index contributed by atoms with van der Waals surface area (Å²) in [4.78, 5) is 12.9. The van der Waals surface area contributed by atoms with Gasteiger partial charge in [-0.2, -0.15) is 0 Å². The Balaban J connectivity index is 2.11. The molecule has 2 aliphatic heterocycles. The number of carbonyl (C=O) groups excluding carboxylic acids is 1. The average Bonchev–Trinajstić information content (AvgIpc) is 2.57. The molecule has 4 atom stereocenters. The quantitative estimate of drug-likeness (QED) is 0.473. The molecule has 0 radical (unpaired) electrons. The summed E-state index contributed by atoms with van der Waals surface area (Å²) < 4.78 is 5.25. The number of rotatable bonds is 2. The van der Waals surface area contributed by atoms with Gasteiger partial charge in [0.2, 0.25) is 0 Å². The molecule has 0 unspecified atom stereocenters. The van der Waals surface area contributed by atoms with Gasteiger partial charge in [0, 0.05) is 6.54 Å². The van der Waals surface area contributed by atoms with E-state index in [2.05, 4.69) is 0 Å². The zero-order chi connectivity index (χ0) is 12.6. The number of nitrogens with two attached hydrogens (primary N) is 1. The lowest BCUT2D eigenvalue weighted by Crippen LogP contribution is -2.47. The van der Waals surface area contributed by atoms with Crippen LogP contribution in [0.25, 0.3) is 0 Å². The molecule has 0 spiro atoms. The SMILES string of the molecule is NC1=CCN([C@@H]2O[C@H](CO)[C@@H](O)[C@H]2O)C(=O)S1. The second-order valence-corrected chi connectivity index (χ2v) is 4.88. The van der Waals surface area contributed by atoms with Gasteiger partial charge in [-0.15, -0.1) is 0 Å². The second kappa shape index (κ2) is 4.83. The van der Waals surface area contributed by atoms with Crippen molar-refractivity contribution in [3.8, 4) is 0 Å². The summed E-state index contributed by atoms with van der Waals surface area (Å²) in [5, 5.41) is 28.3. The van der Waals surface area contributed by atoms with Crippen LogP contribution in [0.1, 0.15) is 0 Å². The predicted molar refractivity (Wildman–Crippen MR) is 59.7 cm³/mol.